The smallest absolute Gasteiger partial charge is 0.289 e. The molecule has 2 heterocycles. The van der Waals surface area contributed by atoms with Crippen LogP contribution in [0.2, 0.25) is 0 Å². The van der Waals surface area contributed by atoms with Gasteiger partial charge >= 0.3 is 0 Å². The number of alkyl halides is 2. The van der Waals surface area contributed by atoms with Crippen LogP contribution in [0.5, 0.6) is 0 Å². The molecular formula is C17H14F2N4O2S. The molecule has 134 valence electrons. The van der Waals surface area contributed by atoms with Crippen molar-refractivity contribution in [3.05, 3.63) is 65.7 Å². The Morgan fingerprint density at radius 1 is 1.31 bits per heavy atom. The van der Waals surface area contributed by atoms with E-state index in [1.165, 1.54) is 6.21 Å². The van der Waals surface area contributed by atoms with Crippen molar-refractivity contribution < 1.29 is 18.0 Å². The molecule has 0 fully saturated rings. The Morgan fingerprint density at radius 3 is 2.88 bits per heavy atom. The molecule has 2 N–H and O–H groups in total. The van der Waals surface area contributed by atoms with Gasteiger partial charge in [0.15, 0.2) is 0 Å². The third kappa shape index (κ3) is 4.79. The Kier molecular flexibility index (Phi) is 5.80. The van der Waals surface area contributed by atoms with E-state index in [4.69, 9.17) is 4.42 Å². The average Bonchev–Trinajstić information content (AvgIpc) is 3.30. The number of rotatable bonds is 7. The van der Waals surface area contributed by atoms with E-state index in [-0.39, 0.29) is 11.4 Å². The maximum Gasteiger partial charge on any atom is 0.289 e. The first-order valence-electron chi connectivity index (χ1n) is 7.54. The number of thioether (sulfide) groups is 1. The van der Waals surface area contributed by atoms with Crippen molar-refractivity contribution in [3.63, 3.8) is 0 Å². The van der Waals surface area contributed by atoms with Crippen LogP contribution < -0.4 is 5.43 Å². The number of hydrogen-bond donors (Lipinski definition) is 2. The zero-order valence-electron chi connectivity index (χ0n) is 13.4. The number of benzene rings is 1. The van der Waals surface area contributed by atoms with E-state index in [1.54, 1.807) is 18.2 Å². The summed E-state index contributed by atoms with van der Waals surface area (Å²) in [6, 6.07) is 14.2. The number of aromatic amines is 1. The predicted molar refractivity (Wildman–Crippen MR) is 95.1 cm³/mol. The maximum absolute atomic E-state index is 12.1. The van der Waals surface area contributed by atoms with Crippen LogP contribution in [0.1, 0.15) is 22.0 Å². The highest BCUT2D eigenvalue weighted by molar-refractivity contribution is 7.98. The zero-order valence-corrected chi connectivity index (χ0v) is 14.2. The fourth-order valence-electron chi connectivity index (χ4n) is 2.10. The Morgan fingerprint density at radius 2 is 2.12 bits per heavy atom. The number of carbonyl (C=O) groups excluding carboxylic acids is 1. The minimum Gasteiger partial charge on any atom is -0.459 e. The number of carbonyl (C=O) groups is 1. The minimum absolute atomic E-state index is 0.0638. The van der Waals surface area contributed by atoms with Gasteiger partial charge in [0.1, 0.15) is 17.2 Å². The van der Waals surface area contributed by atoms with Gasteiger partial charge in [-0.15, -0.1) is 0 Å². The van der Waals surface area contributed by atoms with E-state index in [0.29, 0.717) is 29.0 Å². The highest BCUT2D eigenvalue weighted by Gasteiger charge is 2.10. The van der Waals surface area contributed by atoms with Crippen molar-refractivity contribution in [3.8, 4) is 11.3 Å². The molecule has 0 aliphatic rings. The van der Waals surface area contributed by atoms with Crippen molar-refractivity contribution >= 4 is 23.9 Å². The summed E-state index contributed by atoms with van der Waals surface area (Å²) in [7, 11) is 0. The van der Waals surface area contributed by atoms with Crippen LogP contribution in [0, 0.1) is 0 Å². The number of hydrogen-bond acceptors (Lipinski definition) is 5. The molecule has 0 unspecified atom stereocenters. The Hall–Kier alpha value is -2.94. The van der Waals surface area contributed by atoms with E-state index < -0.39 is 11.7 Å². The molecule has 0 atom stereocenters. The number of H-pyrrole nitrogens is 1. The summed E-state index contributed by atoms with van der Waals surface area (Å²) in [6.45, 7) is 0. The second kappa shape index (κ2) is 8.43. The number of furan rings is 1. The number of nitrogens with one attached hydrogen (secondary N) is 2. The Labute approximate surface area is 151 Å². The summed E-state index contributed by atoms with van der Waals surface area (Å²) >= 11 is 0.472. The largest absolute Gasteiger partial charge is 0.459 e. The Balaban J connectivity index is 1.56. The molecule has 0 saturated carbocycles. The van der Waals surface area contributed by atoms with Crippen molar-refractivity contribution in [2.24, 2.45) is 5.10 Å². The summed E-state index contributed by atoms with van der Waals surface area (Å²) in [5, 5.41) is 10.5. The van der Waals surface area contributed by atoms with Crippen molar-refractivity contribution in [1.29, 1.82) is 0 Å². The van der Waals surface area contributed by atoms with Gasteiger partial charge in [0.25, 0.3) is 11.7 Å². The van der Waals surface area contributed by atoms with Crippen LogP contribution in [0.25, 0.3) is 11.3 Å². The standard InChI is InChI=1S/C17H14F2N4O2S/c18-17(19)26-10-13-7-6-12(25-13)9-20-23-16(24)15-8-14(21-22-15)11-4-2-1-3-5-11/h1-9,17H,10H2,(H,21,22)(H,23,24)/b20-9-. The molecule has 26 heavy (non-hydrogen) atoms. The van der Waals surface area contributed by atoms with Gasteiger partial charge in [0.05, 0.1) is 17.7 Å². The van der Waals surface area contributed by atoms with Gasteiger partial charge in [0, 0.05) is 5.56 Å². The molecule has 0 spiro atoms. The fourth-order valence-corrected chi connectivity index (χ4v) is 2.54. The van der Waals surface area contributed by atoms with E-state index in [2.05, 4.69) is 20.7 Å². The zero-order chi connectivity index (χ0) is 18.4. The molecule has 0 radical (unpaired) electrons. The van der Waals surface area contributed by atoms with Crippen LogP contribution in [-0.4, -0.2) is 28.1 Å². The van der Waals surface area contributed by atoms with Crippen molar-refractivity contribution in [2.75, 3.05) is 0 Å². The fraction of sp³-hybridized carbons (Fsp3) is 0.118. The molecule has 1 amide bonds. The average molecular weight is 376 g/mol. The van der Waals surface area contributed by atoms with E-state index in [9.17, 15) is 13.6 Å². The molecule has 3 rings (SSSR count). The lowest BCUT2D eigenvalue weighted by atomic mass is 10.1. The summed E-state index contributed by atoms with van der Waals surface area (Å²) in [6.07, 6.45) is 1.29. The second-order valence-corrected chi connectivity index (χ2v) is 6.09. The summed E-state index contributed by atoms with van der Waals surface area (Å²) < 4.78 is 29.6. The topological polar surface area (TPSA) is 83.3 Å². The third-order valence-electron chi connectivity index (χ3n) is 3.28. The van der Waals surface area contributed by atoms with Crippen molar-refractivity contribution in [2.45, 2.75) is 11.5 Å². The molecule has 9 heteroatoms. The first-order valence-corrected chi connectivity index (χ1v) is 8.59. The van der Waals surface area contributed by atoms with Crippen molar-refractivity contribution in [1.82, 2.24) is 15.6 Å². The lowest BCUT2D eigenvalue weighted by molar-refractivity contribution is 0.0950. The first-order chi connectivity index (χ1) is 12.6. The molecule has 2 aromatic heterocycles. The number of nitrogens with zero attached hydrogens (tertiary/aromatic N) is 2. The molecule has 0 saturated heterocycles. The number of aromatic nitrogens is 2. The van der Waals surface area contributed by atoms with Gasteiger partial charge in [-0.1, -0.05) is 42.1 Å². The van der Waals surface area contributed by atoms with E-state index >= 15 is 0 Å². The predicted octanol–water partition coefficient (Wildman–Crippen LogP) is 3.89. The van der Waals surface area contributed by atoms with E-state index in [0.717, 1.165) is 5.56 Å². The van der Waals surface area contributed by atoms with Gasteiger partial charge in [0.2, 0.25) is 0 Å². The van der Waals surface area contributed by atoms with Gasteiger partial charge in [-0.3, -0.25) is 9.89 Å². The minimum atomic E-state index is -2.45. The summed E-state index contributed by atoms with van der Waals surface area (Å²) in [5.74, 6) is -2.09. The molecule has 3 aromatic rings. The van der Waals surface area contributed by atoms with Crippen LogP contribution in [-0.2, 0) is 5.75 Å². The SMILES string of the molecule is O=C(N/N=C\c1ccc(CSC(F)F)o1)c1cc(-c2ccccc2)n[nH]1. The van der Waals surface area contributed by atoms with Crippen LogP contribution >= 0.6 is 11.8 Å². The monoisotopic (exact) mass is 376 g/mol. The molecule has 0 aliphatic carbocycles. The normalized spacial score (nSPS) is 11.3. The molecule has 0 aliphatic heterocycles. The number of hydrazone groups is 1. The highest BCUT2D eigenvalue weighted by atomic mass is 32.2. The van der Waals surface area contributed by atoms with Crippen LogP contribution in [0.3, 0.4) is 0 Å². The van der Waals surface area contributed by atoms with Crippen LogP contribution in [0.15, 0.2) is 58.0 Å². The summed E-state index contributed by atoms with van der Waals surface area (Å²) in [5.41, 5.74) is 4.14. The molecule has 1 aromatic carbocycles. The van der Waals surface area contributed by atoms with Gasteiger partial charge in [-0.2, -0.15) is 19.0 Å². The summed E-state index contributed by atoms with van der Waals surface area (Å²) in [4.78, 5) is 12.0. The van der Waals surface area contributed by atoms with Gasteiger partial charge in [-0.25, -0.2) is 5.43 Å². The maximum atomic E-state index is 12.1. The van der Waals surface area contributed by atoms with Crippen LogP contribution in [0.4, 0.5) is 8.78 Å². The number of amides is 1. The second-order valence-electron chi connectivity index (χ2n) is 5.11. The Bertz CT molecular complexity index is 893. The third-order valence-corrected chi connectivity index (χ3v) is 3.99. The molecule has 6 nitrogen and oxygen atoms in total. The quantitative estimate of drug-likeness (QED) is 0.484. The highest BCUT2D eigenvalue weighted by Crippen LogP contribution is 2.20. The molecule has 0 bridgehead atoms. The number of halogens is 2. The van der Waals surface area contributed by atoms with Gasteiger partial charge < -0.3 is 4.42 Å². The van der Waals surface area contributed by atoms with E-state index in [1.807, 2.05) is 30.3 Å². The van der Waals surface area contributed by atoms with Gasteiger partial charge in [-0.05, 0) is 18.2 Å². The lowest BCUT2D eigenvalue weighted by Crippen LogP contribution is -2.17. The first kappa shape index (κ1) is 17.9. The molecular weight excluding hydrogens is 362 g/mol. The lowest BCUT2D eigenvalue weighted by Gasteiger charge is -1.96.